The molecular formula is C8H7N5O. The van der Waals surface area contributed by atoms with Crippen LogP contribution in [-0.2, 0) is 0 Å². The highest BCUT2D eigenvalue weighted by Gasteiger charge is 2.07. The van der Waals surface area contributed by atoms with Gasteiger partial charge in [-0.2, -0.15) is 0 Å². The Hall–Kier alpha value is -2.24. The van der Waals surface area contributed by atoms with E-state index in [0.717, 1.165) is 0 Å². The Kier molecular flexibility index (Phi) is 2.18. The molecule has 0 aromatic carbocycles. The summed E-state index contributed by atoms with van der Waals surface area (Å²) in [5.41, 5.74) is 0.331. The van der Waals surface area contributed by atoms with E-state index in [0.29, 0.717) is 5.69 Å². The Balaban J connectivity index is 2.11. The molecule has 14 heavy (non-hydrogen) atoms. The van der Waals surface area contributed by atoms with E-state index in [1.807, 2.05) is 0 Å². The molecule has 6 heteroatoms. The highest BCUT2D eigenvalue weighted by atomic mass is 16.2. The first-order valence-corrected chi connectivity index (χ1v) is 3.94. The van der Waals surface area contributed by atoms with Crippen molar-refractivity contribution in [2.24, 2.45) is 0 Å². The van der Waals surface area contributed by atoms with E-state index in [2.05, 4.69) is 25.5 Å². The number of pyridine rings is 1. The fourth-order valence-electron chi connectivity index (χ4n) is 0.932. The quantitative estimate of drug-likeness (QED) is 0.718. The average molecular weight is 189 g/mol. The Labute approximate surface area is 79.4 Å². The maximum Gasteiger partial charge on any atom is 0.276 e. The van der Waals surface area contributed by atoms with E-state index >= 15 is 0 Å². The number of nitrogens with one attached hydrogen (secondary N) is 2. The van der Waals surface area contributed by atoms with Gasteiger partial charge in [0.1, 0.15) is 12.0 Å². The van der Waals surface area contributed by atoms with Crippen LogP contribution >= 0.6 is 0 Å². The molecule has 0 saturated carbocycles. The summed E-state index contributed by atoms with van der Waals surface area (Å²) in [6.07, 6.45) is 2.93. The number of anilines is 1. The number of carbonyl (C=O) groups excluding carboxylic acids is 1. The summed E-state index contributed by atoms with van der Waals surface area (Å²) in [4.78, 5) is 19.1. The van der Waals surface area contributed by atoms with E-state index in [4.69, 9.17) is 0 Å². The molecule has 0 radical (unpaired) electrons. The van der Waals surface area contributed by atoms with E-state index in [9.17, 15) is 4.79 Å². The number of aromatic amines is 1. The number of rotatable bonds is 2. The van der Waals surface area contributed by atoms with Crippen LogP contribution < -0.4 is 5.32 Å². The molecule has 70 valence electrons. The van der Waals surface area contributed by atoms with Crippen molar-refractivity contribution in [3.8, 4) is 0 Å². The SMILES string of the molecule is O=C(Nc1nc[nH]n1)c1ccccn1. The third-order valence-electron chi connectivity index (χ3n) is 1.54. The van der Waals surface area contributed by atoms with Crippen LogP contribution in [0.25, 0.3) is 0 Å². The van der Waals surface area contributed by atoms with Gasteiger partial charge in [0.15, 0.2) is 0 Å². The lowest BCUT2D eigenvalue weighted by Gasteiger charge is -1.98. The van der Waals surface area contributed by atoms with Gasteiger partial charge in [0, 0.05) is 6.20 Å². The first kappa shape index (κ1) is 8.36. The lowest BCUT2D eigenvalue weighted by molar-refractivity contribution is 0.102. The molecule has 2 rings (SSSR count). The van der Waals surface area contributed by atoms with Crippen LogP contribution in [0.3, 0.4) is 0 Å². The molecule has 0 unspecified atom stereocenters. The molecule has 6 nitrogen and oxygen atoms in total. The standard InChI is InChI=1S/C8H7N5O/c14-7(6-3-1-2-4-9-6)12-8-10-5-11-13-8/h1-5H,(H2,10,11,12,13,14). The summed E-state index contributed by atoms with van der Waals surface area (Å²) >= 11 is 0. The molecule has 0 aliphatic carbocycles. The van der Waals surface area contributed by atoms with Crippen molar-refractivity contribution in [2.45, 2.75) is 0 Å². The minimum absolute atomic E-state index is 0.237. The van der Waals surface area contributed by atoms with Crippen LogP contribution in [0.1, 0.15) is 10.5 Å². The van der Waals surface area contributed by atoms with Crippen LogP contribution in [0.15, 0.2) is 30.7 Å². The van der Waals surface area contributed by atoms with Crippen molar-refractivity contribution in [1.82, 2.24) is 20.2 Å². The largest absolute Gasteiger partial charge is 0.288 e. The lowest BCUT2D eigenvalue weighted by Crippen LogP contribution is -2.14. The minimum Gasteiger partial charge on any atom is -0.288 e. The summed E-state index contributed by atoms with van der Waals surface area (Å²) in [5, 5.41) is 8.66. The third kappa shape index (κ3) is 1.74. The van der Waals surface area contributed by atoms with Crippen molar-refractivity contribution in [1.29, 1.82) is 0 Å². The maximum absolute atomic E-state index is 11.4. The number of amides is 1. The zero-order valence-corrected chi connectivity index (χ0v) is 7.14. The second-order valence-corrected chi connectivity index (χ2v) is 2.49. The van der Waals surface area contributed by atoms with Gasteiger partial charge in [0.05, 0.1) is 0 Å². The second-order valence-electron chi connectivity index (χ2n) is 2.49. The topological polar surface area (TPSA) is 83.6 Å². The van der Waals surface area contributed by atoms with Gasteiger partial charge in [-0.3, -0.25) is 20.2 Å². The van der Waals surface area contributed by atoms with Crippen molar-refractivity contribution in [2.75, 3.05) is 5.32 Å². The average Bonchev–Trinajstić information content (AvgIpc) is 2.72. The number of aromatic nitrogens is 4. The molecule has 0 bridgehead atoms. The van der Waals surface area contributed by atoms with E-state index in [1.54, 1.807) is 24.4 Å². The fraction of sp³-hybridized carbons (Fsp3) is 0. The first-order valence-electron chi connectivity index (χ1n) is 3.94. The molecule has 2 aromatic rings. The van der Waals surface area contributed by atoms with Gasteiger partial charge in [-0.25, -0.2) is 4.98 Å². The predicted molar refractivity (Wildman–Crippen MR) is 48.6 cm³/mol. The number of H-pyrrole nitrogens is 1. The Morgan fingerprint density at radius 2 is 2.29 bits per heavy atom. The van der Waals surface area contributed by atoms with Gasteiger partial charge < -0.3 is 0 Å². The molecular weight excluding hydrogens is 182 g/mol. The highest BCUT2D eigenvalue weighted by Crippen LogP contribution is 1.98. The van der Waals surface area contributed by atoms with Crippen molar-refractivity contribution in [3.63, 3.8) is 0 Å². The van der Waals surface area contributed by atoms with Crippen molar-refractivity contribution in [3.05, 3.63) is 36.4 Å². The molecule has 2 aromatic heterocycles. The van der Waals surface area contributed by atoms with Crippen LogP contribution in [0.2, 0.25) is 0 Å². The molecule has 0 fully saturated rings. The molecule has 2 heterocycles. The molecule has 0 spiro atoms. The van der Waals surface area contributed by atoms with Gasteiger partial charge in [0.25, 0.3) is 5.91 Å². The summed E-state index contributed by atoms with van der Waals surface area (Å²) in [7, 11) is 0. The Morgan fingerprint density at radius 3 is 2.93 bits per heavy atom. The van der Waals surface area contributed by atoms with Gasteiger partial charge in [-0.05, 0) is 12.1 Å². The number of hydrogen-bond acceptors (Lipinski definition) is 4. The summed E-state index contributed by atoms with van der Waals surface area (Å²) in [6.45, 7) is 0. The van der Waals surface area contributed by atoms with Gasteiger partial charge >= 0.3 is 0 Å². The van der Waals surface area contributed by atoms with E-state index < -0.39 is 0 Å². The van der Waals surface area contributed by atoms with Crippen LogP contribution in [0.5, 0.6) is 0 Å². The maximum atomic E-state index is 11.4. The normalized spacial score (nSPS) is 9.71. The third-order valence-corrected chi connectivity index (χ3v) is 1.54. The van der Waals surface area contributed by atoms with Gasteiger partial charge in [-0.1, -0.05) is 6.07 Å². The molecule has 2 N–H and O–H groups in total. The van der Waals surface area contributed by atoms with Crippen LogP contribution in [-0.4, -0.2) is 26.1 Å². The van der Waals surface area contributed by atoms with Crippen LogP contribution in [0, 0.1) is 0 Å². The molecule has 0 atom stereocenters. The monoisotopic (exact) mass is 189 g/mol. The van der Waals surface area contributed by atoms with Gasteiger partial charge in [0.2, 0.25) is 5.95 Å². The van der Waals surface area contributed by atoms with Crippen molar-refractivity contribution < 1.29 is 4.79 Å². The Bertz CT molecular complexity index is 411. The highest BCUT2D eigenvalue weighted by molar-refractivity contribution is 6.01. The predicted octanol–water partition coefficient (Wildman–Crippen LogP) is 0.452. The summed E-state index contributed by atoms with van der Waals surface area (Å²) in [6, 6.07) is 5.09. The molecule has 0 saturated heterocycles. The zero-order valence-electron chi connectivity index (χ0n) is 7.14. The van der Waals surface area contributed by atoms with E-state index in [1.165, 1.54) is 6.33 Å². The molecule has 0 aliphatic heterocycles. The lowest BCUT2D eigenvalue weighted by atomic mass is 10.3. The second kappa shape index (κ2) is 3.65. The zero-order chi connectivity index (χ0) is 9.80. The fourth-order valence-corrected chi connectivity index (χ4v) is 0.932. The number of hydrogen-bond donors (Lipinski definition) is 2. The number of carbonyl (C=O) groups is 1. The van der Waals surface area contributed by atoms with Crippen LogP contribution in [0.4, 0.5) is 5.95 Å². The minimum atomic E-state index is -0.329. The van der Waals surface area contributed by atoms with E-state index in [-0.39, 0.29) is 11.9 Å². The summed E-state index contributed by atoms with van der Waals surface area (Å²) < 4.78 is 0. The van der Waals surface area contributed by atoms with Gasteiger partial charge in [-0.15, -0.1) is 5.10 Å². The summed E-state index contributed by atoms with van der Waals surface area (Å²) in [5.74, 6) is -0.0918. The molecule has 0 aliphatic rings. The van der Waals surface area contributed by atoms with Crippen molar-refractivity contribution >= 4 is 11.9 Å². The Morgan fingerprint density at radius 1 is 1.36 bits per heavy atom. The first-order chi connectivity index (χ1) is 6.86. The smallest absolute Gasteiger partial charge is 0.276 e. The molecule has 1 amide bonds. The number of nitrogens with zero attached hydrogens (tertiary/aromatic N) is 3.